The maximum absolute atomic E-state index is 13.6. The van der Waals surface area contributed by atoms with Gasteiger partial charge >= 0.3 is 6.09 Å². The second kappa shape index (κ2) is 9.08. The van der Waals surface area contributed by atoms with Gasteiger partial charge in [-0.25, -0.2) is 18.0 Å². The summed E-state index contributed by atoms with van der Waals surface area (Å²) in [5, 5.41) is 2.62. The second-order valence-corrected chi connectivity index (χ2v) is 7.23. The molecule has 0 radical (unpaired) electrons. The highest BCUT2D eigenvalue weighted by atomic mass is 19.2. The van der Waals surface area contributed by atoms with Crippen LogP contribution in [0, 0.1) is 17.5 Å². The maximum atomic E-state index is 13.6. The van der Waals surface area contributed by atoms with Crippen molar-refractivity contribution in [2.24, 2.45) is 0 Å². The van der Waals surface area contributed by atoms with E-state index in [-0.39, 0.29) is 24.6 Å². The fraction of sp³-hybridized carbons (Fsp3) is 0.160. The Balaban J connectivity index is 1.29. The van der Waals surface area contributed by atoms with E-state index < -0.39 is 23.5 Å². The van der Waals surface area contributed by atoms with E-state index in [1.54, 1.807) is 0 Å². The van der Waals surface area contributed by atoms with Crippen LogP contribution in [-0.4, -0.2) is 19.2 Å². The highest BCUT2D eigenvalue weighted by Crippen LogP contribution is 2.44. The molecule has 1 aliphatic rings. The average molecular weight is 423 g/mol. The average Bonchev–Trinajstić information content (AvgIpc) is 3.09. The molecule has 3 nitrogen and oxygen atoms in total. The number of rotatable bonds is 6. The normalized spacial score (nSPS) is 12.6. The Morgan fingerprint density at radius 3 is 2.29 bits per heavy atom. The van der Waals surface area contributed by atoms with Crippen molar-refractivity contribution in [2.45, 2.75) is 12.3 Å². The summed E-state index contributed by atoms with van der Waals surface area (Å²) >= 11 is 0. The fourth-order valence-electron chi connectivity index (χ4n) is 3.81. The van der Waals surface area contributed by atoms with E-state index in [4.69, 9.17) is 4.74 Å². The van der Waals surface area contributed by atoms with E-state index in [9.17, 15) is 18.0 Å². The third-order valence-corrected chi connectivity index (χ3v) is 5.24. The summed E-state index contributed by atoms with van der Waals surface area (Å²) in [4.78, 5) is 12.1. The highest BCUT2D eigenvalue weighted by Gasteiger charge is 2.28. The van der Waals surface area contributed by atoms with E-state index in [1.807, 2.05) is 36.4 Å². The minimum atomic E-state index is -1.24. The van der Waals surface area contributed by atoms with Crippen LogP contribution < -0.4 is 5.32 Å². The number of alkyl carbamates (subject to hydrolysis) is 1. The fourth-order valence-corrected chi connectivity index (χ4v) is 3.81. The third-order valence-electron chi connectivity index (χ3n) is 5.24. The van der Waals surface area contributed by atoms with Gasteiger partial charge in [-0.15, -0.1) is 0 Å². The van der Waals surface area contributed by atoms with Gasteiger partial charge in [-0.05, 0) is 34.7 Å². The molecule has 0 saturated heterocycles. The van der Waals surface area contributed by atoms with Crippen LogP contribution in [0.4, 0.5) is 18.0 Å². The van der Waals surface area contributed by atoms with Crippen molar-refractivity contribution < 1.29 is 22.7 Å². The molecule has 3 aromatic carbocycles. The van der Waals surface area contributed by atoms with Gasteiger partial charge in [0.25, 0.3) is 0 Å². The predicted octanol–water partition coefficient (Wildman–Crippen LogP) is 6.05. The molecule has 0 unspecified atom stereocenters. The molecule has 0 bridgehead atoms. The van der Waals surface area contributed by atoms with Gasteiger partial charge < -0.3 is 10.1 Å². The first-order chi connectivity index (χ1) is 15.0. The number of carbonyl (C=O) groups excluding carboxylic acids is 1. The quantitative estimate of drug-likeness (QED) is 0.387. The van der Waals surface area contributed by atoms with Crippen molar-refractivity contribution in [3.05, 3.63) is 101 Å². The Labute approximate surface area is 178 Å². The molecule has 158 valence electrons. The number of halogens is 3. The summed E-state index contributed by atoms with van der Waals surface area (Å²) < 4.78 is 45.4. The molecule has 3 aromatic rings. The maximum Gasteiger partial charge on any atom is 0.407 e. The Hall–Kier alpha value is -3.54. The molecule has 0 aromatic heterocycles. The van der Waals surface area contributed by atoms with Crippen LogP contribution in [0.25, 0.3) is 17.2 Å². The molecule has 31 heavy (non-hydrogen) atoms. The third kappa shape index (κ3) is 4.48. The molecule has 0 saturated carbocycles. The van der Waals surface area contributed by atoms with E-state index >= 15 is 0 Å². The van der Waals surface area contributed by atoms with E-state index in [1.165, 1.54) is 12.2 Å². The van der Waals surface area contributed by atoms with Crippen LogP contribution >= 0.6 is 0 Å². The van der Waals surface area contributed by atoms with Crippen molar-refractivity contribution in [1.82, 2.24) is 5.32 Å². The second-order valence-electron chi connectivity index (χ2n) is 7.23. The summed E-state index contributed by atoms with van der Waals surface area (Å²) in [5.41, 5.74) is 4.38. The van der Waals surface area contributed by atoms with Crippen LogP contribution in [0.3, 0.4) is 0 Å². The molecular formula is C25H20F3NO2. The van der Waals surface area contributed by atoms with Gasteiger partial charge in [0.05, 0.1) is 0 Å². The Kier molecular flexibility index (Phi) is 6.07. The molecule has 6 heteroatoms. The SMILES string of the molecule is O=C(NCCC=Cc1cc(F)cc(F)c1F)OCC1c2ccccc2-c2ccccc21. The zero-order valence-electron chi connectivity index (χ0n) is 16.6. The van der Waals surface area contributed by atoms with Crippen LogP contribution in [0.2, 0.25) is 0 Å². The van der Waals surface area contributed by atoms with Gasteiger partial charge in [0.1, 0.15) is 12.4 Å². The molecule has 1 aliphatic carbocycles. The van der Waals surface area contributed by atoms with Crippen molar-refractivity contribution >= 4 is 12.2 Å². The molecule has 0 heterocycles. The van der Waals surface area contributed by atoms with Gasteiger partial charge in [-0.2, -0.15) is 0 Å². The zero-order valence-corrected chi connectivity index (χ0v) is 16.6. The Bertz CT molecular complexity index is 1100. The summed E-state index contributed by atoms with van der Waals surface area (Å²) in [5.74, 6) is -3.22. The van der Waals surface area contributed by atoms with Crippen LogP contribution in [0.5, 0.6) is 0 Å². The largest absolute Gasteiger partial charge is 0.449 e. The number of amides is 1. The number of fused-ring (bicyclic) bond motifs is 3. The summed E-state index contributed by atoms with van der Waals surface area (Å²) in [6, 6.07) is 17.5. The lowest BCUT2D eigenvalue weighted by Crippen LogP contribution is -2.26. The molecule has 0 atom stereocenters. The van der Waals surface area contributed by atoms with Crippen molar-refractivity contribution in [2.75, 3.05) is 13.2 Å². The number of benzene rings is 3. The molecule has 0 spiro atoms. The van der Waals surface area contributed by atoms with E-state index in [0.29, 0.717) is 12.5 Å². The number of carbonyl (C=O) groups is 1. The molecule has 4 rings (SSSR count). The minimum absolute atomic E-state index is 0.0242. The highest BCUT2D eigenvalue weighted by molar-refractivity contribution is 5.79. The minimum Gasteiger partial charge on any atom is -0.449 e. The smallest absolute Gasteiger partial charge is 0.407 e. The number of hydrogen-bond donors (Lipinski definition) is 1. The van der Waals surface area contributed by atoms with Crippen LogP contribution in [0.15, 0.2) is 66.7 Å². The van der Waals surface area contributed by atoms with E-state index in [0.717, 1.165) is 28.3 Å². The van der Waals surface area contributed by atoms with Crippen molar-refractivity contribution in [3.63, 3.8) is 0 Å². The summed E-state index contributed by atoms with van der Waals surface area (Å²) in [6.07, 6.45) is 2.60. The predicted molar refractivity (Wildman–Crippen MR) is 113 cm³/mol. The summed E-state index contributed by atoms with van der Waals surface area (Å²) in [7, 11) is 0. The van der Waals surface area contributed by atoms with Crippen molar-refractivity contribution in [1.29, 1.82) is 0 Å². The van der Waals surface area contributed by atoms with Gasteiger partial charge in [0.2, 0.25) is 0 Å². The van der Waals surface area contributed by atoms with E-state index in [2.05, 4.69) is 17.4 Å². The number of ether oxygens (including phenoxy) is 1. The van der Waals surface area contributed by atoms with Crippen molar-refractivity contribution in [3.8, 4) is 11.1 Å². The molecule has 1 amide bonds. The lowest BCUT2D eigenvalue weighted by molar-refractivity contribution is 0.143. The Morgan fingerprint density at radius 1 is 0.968 bits per heavy atom. The first-order valence-corrected chi connectivity index (χ1v) is 9.94. The molecule has 0 fully saturated rings. The Morgan fingerprint density at radius 2 is 1.61 bits per heavy atom. The van der Waals surface area contributed by atoms with Gasteiger partial charge in [-0.3, -0.25) is 0 Å². The van der Waals surface area contributed by atoms with Crippen LogP contribution in [0.1, 0.15) is 29.0 Å². The van der Waals surface area contributed by atoms with Crippen LogP contribution in [-0.2, 0) is 4.74 Å². The lowest BCUT2D eigenvalue weighted by Gasteiger charge is -2.14. The standard InChI is InChI=1S/C25H20F3NO2/c26-17-13-16(24(28)23(27)14-17)7-5-6-12-29-25(30)31-15-22-20-10-3-1-8-18(20)19-9-2-4-11-21(19)22/h1-5,7-11,13-14,22H,6,12,15H2,(H,29,30). The topological polar surface area (TPSA) is 38.3 Å². The van der Waals surface area contributed by atoms with Gasteiger partial charge in [-0.1, -0.05) is 60.7 Å². The molecule has 0 aliphatic heterocycles. The monoisotopic (exact) mass is 423 g/mol. The molecule has 1 N–H and O–H groups in total. The summed E-state index contributed by atoms with van der Waals surface area (Å²) in [6.45, 7) is 0.454. The lowest BCUT2D eigenvalue weighted by atomic mass is 9.98. The number of nitrogens with one attached hydrogen (secondary N) is 1. The number of hydrogen-bond acceptors (Lipinski definition) is 2. The first-order valence-electron chi connectivity index (χ1n) is 9.94. The van der Waals surface area contributed by atoms with Gasteiger partial charge in [0.15, 0.2) is 11.6 Å². The molecular weight excluding hydrogens is 403 g/mol. The zero-order chi connectivity index (χ0) is 21.8. The first kappa shape index (κ1) is 20.7. The van der Waals surface area contributed by atoms with Gasteiger partial charge in [0, 0.05) is 24.1 Å².